The van der Waals surface area contributed by atoms with Crippen molar-refractivity contribution in [2.75, 3.05) is 52.5 Å². The van der Waals surface area contributed by atoms with Crippen molar-refractivity contribution >= 4 is 11.8 Å². The molecule has 1 saturated carbocycles. The maximum absolute atomic E-state index is 13.1. The molecular weight excluding hydrogens is 370 g/mol. The van der Waals surface area contributed by atoms with Crippen molar-refractivity contribution in [1.29, 1.82) is 0 Å². The lowest BCUT2D eigenvalue weighted by Gasteiger charge is -2.50. The Hall–Kier alpha value is -1.93. The van der Waals surface area contributed by atoms with Crippen LogP contribution in [0, 0.1) is 5.92 Å². The normalized spacial score (nSPS) is 24.6. The predicted molar refractivity (Wildman–Crippen MR) is 106 cm³/mol. The summed E-state index contributed by atoms with van der Waals surface area (Å²) in [6.45, 7) is 6.31. The zero-order valence-electron chi connectivity index (χ0n) is 17.1. The standard InChI is InChI=1S/C21H31N5O3/c27-18(4-7-24-11-13-29-14-12-24)25-9-5-21(6-10-25)19-17(22-15-23-19)3-8-26(21)20(28)16-1-2-16/h15-16H,1-14H2,(H,22,23). The van der Waals surface area contributed by atoms with Gasteiger partial charge in [-0.15, -0.1) is 0 Å². The molecule has 1 N–H and O–H groups in total. The average molecular weight is 402 g/mol. The fourth-order valence-corrected chi connectivity index (χ4v) is 5.22. The van der Waals surface area contributed by atoms with Crippen LogP contribution in [0.25, 0.3) is 0 Å². The Bertz CT molecular complexity index is 760. The number of H-pyrrole nitrogens is 1. The van der Waals surface area contributed by atoms with Crippen LogP contribution in [0.2, 0.25) is 0 Å². The molecule has 1 spiro atoms. The number of hydrogen-bond acceptors (Lipinski definition) is 5. The van der Waals surface area contributed by atoms with Crippen LogP contribution in [0.1, 0.15) is 43.5 Å². The average Bonchev–Trinajstić information content (AvgIpc) is 3.50. The van der Waals surface area contributed by atoms with Gasteiger partial charge < -0.3 is 19.5 Å². The summed E-state index contributed by atoms with van der Waals surface area (Å²) in [7, 11) is 0. The molecule has 0 unspecified atom stereocenters. The van der Waals surface area contributed by atoms with E-state index in [9.17, 15) is 9.59 Å². The van der Waals surface area contributed by atoms with E-state index in [1.807, 2.05) is 4.90 Å². The van der Waals surface area contributed by atoms with Crippen molar-refractivity contribution in [3.63, 3.8) is 0 Å². The van der Waals surface area contributed by atoms with Crippen LogP contribution in [0.4, 0.5) is 0 Å². The van der Waals surface area contributed by atoms with Crippen molar-refractivity contribution in [3.05, 3.63) is 17.7 Å². The molecular formula is C21H31N5O3. The van der Waals surface area contributed by atoms with Gasteiger partial charge in [-0.25, -0.2) is 4.98 Å². The van der Waals surface area contributed by atoms with Gasteiger partial charge in [0.05, 0.1) is 30.8 Å². The third-order valence-corrected chi connectivity index (χ3v) is 7.14. The smallest absolute Gasteiger partial charge is 0.226 e. The molecule has 2 amide bonds. The summed E-state index contributed by atoms with van der Waals surface area (Å²) in [5.74, 6) is 0.732. The minimum atomic E-state index is -0.339. The van der Waals surface area contributed by atoms with Crippen molar-refractivity contribution in [2.24, 2.45) is 5.92 Å². The Morgan fingerprint density at radius 2 is 1.90 bits per heavy atom. The van der Waals surface area contributed by atoms with E-state index in [2.05, 4.69) is 19.8 Å². The molecule has 29 heavy (non-hydrogen) atoms. The molecule has 158 valence electrons. The zero-order valence-corrected chi connectivity index (χ0v) is 17.1. The second-order valence-electron chi connectivity index (χ2n) is 8.86. The summed E-state index contributed by atoms with van der Waals surface area (Å²) < 4.78 is 5.38. The van der Waals surface area contributed by atoms with Crippen LogP contribution in [0.5, 0.6) is 0 Å². The third kappa shape index (κ3) is 3.57. The first kappa shape index (κ1) is 19.1. The third-order valence-electron chi connectivity index (χ3n) is 7.14. The number of carbonyl (C=O) groups is 2. The van der Waals surface area contributed by atoms with Crippen LogP contribution in [-0.4, -0.2) is 89.0 Å². The highest BCUT2D eigenvalue weighted by molar-refractivity contribution is 5.82. The van der Waals surface area contributed by atoms with Gasteiger partial charge in [-0.1, -0.05) is 0 Å². The van der Waals surface area contributed by atoms with Gasteiger partial charge in [-0.2, -0.15) is 0 Å². The second kappa shape index (κ2) is 7.72. The number of nitrogens with one attached hydrogen (secondary N) is 1. The zero-order chi connectivity index (χ0) is 19.8. The number of morpholine rings is 1. The van der Waals surface area contributed by atoms with E-state index in [-0.39, 0.29) is 17.4 Å². The maximum atomic E-state index is 13.1. The molecule has 0 aromatic carbocycles. The van der Waals surface area contributed by atoms with E-state index in [1.54, 1.807) is 6.33 Å². The fraction of sp³-hybridized carbons (Fsp3) is 0.762. The minimum absolute atomic E-state index is 0.209. The van der Waals surface area contributed by atoms with Crippen LogP contribution in [-0.2, 0) is 26.3 Å². The number of fused-ring (bicyclic) bond motifs is 2. The molecule has 1 aliphatic carbocycles. The van der Waals surface area contributed by atoms with Gasteiger partial charge in [0.15, 0.2) is 0 Å². The summed E-state index contributed by atoms with van der Waals surface area (Å²) in [6.07, 6.45) is 6.77. The number of carbonyl (C=O) groups excluding carboxylic acids is 2. The van der Waals surface area contributed by atoms with E-state index in [0.717, 1.165) is 82.9 Å². The van der Waals surface area contributed by atoms with E-state index in [1.165, 1.54) is 0 Å². The first-order chi connectivity index (χ1) is 14.2. The maximum Gasteiger partial charge on any atom is 0.226 e. The molecule has 8 heteroatoms. The summed E-state index contributed by atoms with van der Waals surface area (Å²) in [6, 6.07) is 0. The molecule has 0 radical (unpaired) electrons. The number of aromatic amines is 1. The first-order valence-electron chi connectivity index (χ1n) is 11.1. The highest BCUT2D eigenvalue weighted by atomic mass is 16.5. The summed E-state index contributed by atoms with van der Waals surface area (Å²) in [5.41, 5.74) is 1.86. The van der Waals surface area contributed by atoms with Crippen LogP contribution >= 0.6 is 0 Å². The molecule has 0 atom stereocenters. The highest BCUT2D eigenvalue weighted by Gasteiger charge is 2.51. The number of likely N-dealkylation sites (tertiary alicyclic amines) is 1. The van der Waals surface area contributed by atoms with Crippen molar-refractivity contribution in [1.82, 2.24) is 24.7 Å². The van der Waals surface area contributed by atoms with E-state index >= 15 is 0 Å². The minimum Gasteiger partial charge on any atom is -0.379 e. The number of piperidine rings is 1. The van der Waals surface area contributed by atoms with Gasteiger partial charge in [-0.3, -0.25) is 14.5 Å². The SMILES string of the molecule is O=C(CCN1CCOCC1)N1CCC2(CC1)c1nc[nH]c1CCN2C(=O)C1CC1. The first-order valence-corrected chi connectivity index (χ1v) is 11.1. The Balaban J connectivity index is 1.25. The van der Waals surface area contributed by atoms with E-state index in [4.69, 9.17) is 4.74 Å². The highest BCUT2D eigenvalue weighted by Crippen LogP contribution is 2.45. The monoisotopic (exact) mass is 401 g/mol. The Kier molecular flexibility index (Phi) is 5.07. The second-order valence-corrected chi connectivity index (χ2v) is 8.86. The van der Waals surface area contributed by atoms with E-state index < -0.39 is 0 Å². The lowest BCUT2D eigenvalue weighted by molar-refractivity contribution is -0.145. The number of amides is 2. The summed E-state index contributed by atoms with van der Waals surface area (Å²) in [5, 5.41) is 0. The van der Waals surface area contributed by atoms with E-state index in [0.29, 0.717) is 25.4 Å². The predicted octanol–water partition coefficient (Wildman–Crippen LogP) is 0.744. The largest absolute Gasteiger partial charge is 0.379 e. The van der Waals surface area contributed by atoms with Gasteiger partial charge in [-0.05, 0) is 25.7 Å². The fourth-order valence-electron chi connectivity index (χ4n) is 5.22. The van der Waals surface area contributed by atoms with Gasteiger partial charge in [0.25, 0.3) is 0 Å². The molecule has 4 aliphatic rings. The number of nitrogens with zero attached hydrogens (tertiary/aromatic N) is 4. The lowest BCUT2D eigenvalue weighted by atomic mass is 9.78. The number of imidazole rings is 1. The van der Waals surface area contributed by atoms with Crippen LogP contribution in [0.15, 0.2) is 6.33 Å². The van der Waals surface area contributed by atoms with Crippen molar-refractivity contribution < 1.29 is 14.3 Å². The molecule has 0 bridgehead atoms. The number of hydrogen-bond donors (Lipinski definition) is 1. The van der Waals surface area contributed by atoms with Crippen molar-refractivity contribution in [3.8, 4) is 0 Å². The number of rotatable bonds is 4. The van der Waals surface area contributed by atoms with Gasteiger partial charge in [0.1, 0.15) is 0 Å². The molecule has 4 heterocycles. The molecule has 3 aliphatic heterocycles. The summed E-state index contributed by atoms with van der Waals surface area (Å²) in [4.78, 5) is 40.2. The Morgan fingerprint density at radius 1 is 1.14 bits per heavy atom. The number of aromatic nitrogens is 2. The van der Waals surface area contributed by atoms with Gasteiger partial charge in [0.2, 0.25) is 11.8 Å². The summed E-state index contributed by atoms with van der Waals surface area (Å²) >= 11 is 0. The molecule has 1 aromatic heterocycles. The van der Waals surface area contributed by atoms with Crippen LogP contribution in [0.3, 0.4) is 0 Å². The lowest BCUT2D eigenvalue weighted by Crippen LogP contribution is -2.59. The molecule has 5 rings (SSSR count). The van der Waals surface area contributed by atoms with Crippen LogP contribution < -0.4 is 0 Å². The topological polar surface area (TPSA) is 81.8 Å². The molecule has 1 aromatic rings. The van der Waals surface area contributed by atoms with Gasteiger partial charge in [0, 0.05) is 63.7 Å². The Morgan fingerprint density at radius 3 is 2.62 bits per heavy atom. The molecule has 8 nitrogen and oxygen atoms in total. The quantitative estimate of drug-likeness (QED) is 0.805. The van der Waals surface area contributed by atoms with Gasteiger partial charge >= 0.3 is 0 Å². The Labute approximate surface area is 171 Å². The number of ether oxygens (including phenoxy) is 1. The molecule has 3 fully saturated rings. The van der Waals surface area contributed by atoms with Crippen molar-refractivity contribution in [2.45, 2.75) is 44.1 Å². The molecule has 2 saturated heterocycles.